The summed E-state index contributed by atoms with van der Waals surface area (Å²) in [6.45, 7) is 4.08. The minimum Gasteiger partial charge on any atom is -0.483 e. The quantitative estimate of drug-likeness (QED) is 0.868. The third kappa shape index (κ3) is 2.61. The zero-order valence-electron chi connectivity index (χ0n) is 9.03. The van der Waals surface area contributed by atoms with Crippen LogP contribution in [0.3, 0.4) is 0 Å². The smallest absolute Gasteiger partial charge is 0.264 e. The molecule has 1 heterocycles. The third-order valence-electron chi connectivity index (χ3n) is 2.01. The Morgan fingerprint density at radius 2 is 2.19 bits per heavy atom. The van der Waals surface area contributed by atoms with Crippen LogP contribution in [0.2, 0.25) is 0 Å². The fourth-order valence-corrected chi connectivity index (χ4v) is 1.87. The number of hydrogen-bond acceptors (Lipinski definition) is 4. The summed E-state index contributed by atoms with van der Waals surface area (Å²) in [6, 6.07) is 5.89. The Morgan fingerprint density at radius 1 is 1.38 bits per heavy atom. The highest BCUT2D eigenvalue weighted by Gasteiger charge is 2.05. The Morgan fingerprint density at radius 3 is 2.81 bits per heavy atom. The number of nitrogens with zero attached hydrogens (tertiary/aromatic N) is 2. The van der Waals surface area contributed by atoms with Gasteiger partial charge >= 0.3 is 0 Å². The van der Waals surface area contributed by atoms with Crippen molar-refractivity contribution in [1.82, 2.24) is 10.1 Å². The topological polar surface area (TPSA) is 48.2 Å². The first-order valence-electron chi connectivity index (χ1n) is 4.83. The molecule has 0 unspecified atom stereocenters. The molecule has 0 saturated carbocycles. The molecule has 0 aliphatic heterocycles. The number of halogens is 1. The molecule has 0 bridgehead atoms. The summed E-state index contributed by atoms with van der Waals surface area (Å²) in [5.74, 6) is 1.85. The summed E-state index contributed by atoms with van der Waals surface area (Å²) in [6.07, 6.45) is 0. The van der Waals surface area contributed by atoms with Gasteiger partial charge in [0.1, 0.15) is 5.75 Å². The lowest BCUT2D eigenvalue weighted by Crippen LogP contribution is -1.96. The maximum absolute atomic E-state index is 5.55. The van der Waals surface area contributed by atoms with Gasteiger partial charge in [-0.05, 0) is 47.5 Å². The van der Waals surface area contributed by atoms with Gasteiger partial charge in [-0.15, -0.1) is 0 Å². The molecule has 5 heteroatoms. The monoisotopic (exact) mass is 282 g/mol. The number of hydrogen-bond donors (Lipinski definition) is 0. The van der Waals surface area contributed by atoms with Crippen molar-refractivity contribution in [3.63, 3.8) is 0 Å². The Kier molecular flexibility index (Phi) is 3.24. The Bertz CT molecular complexity index is 496. The SMILES string of the molecule is Cc1ccc(OCc2nc(C)no2)c(Br)c1. The van der Waals surface area contributed by atoms with Crippen molar-refractivity contribution in [2.24, 2.45) is 0 Å². The van der Waals surface area contributed by atoms with Gasteiger partial charge in [0.15, 0.2) is 12.4 Å². The third-order valence-corrected chi connectivity index (χ3v) is 2.63. The second kappa shape index (κ2) is 4.65. The highest BCUT2D eigenvalue weighted by atomic mass is 79.9. The van der Waals surface area contributed by atoms with Crippen LogP contribution in [0.1, 0.15) is 17.3 Å². The van der Waals surface area contributed by atoms with Gasteiger partial charge < -0.3 is 9.26 Å². The van der Waals surface area contributed by atoms with E-state index in [4.69, 9.17) is 9.26 Å². The van der Waals surface area contributed by atoms with Crippen LogP contribution in [0, 0.1) is 13.8 Å². The lowest BCUT2D eigenvalue weighted by Gasteiger charge is -2.05. The number of aromatic nitrogens is 2. The summed E-state index contributed by atoms with van der Waals surface area (Å²) in [7, 11) is 0. The molecule has 0 amide bonds. The van der Waals surface area contributed by atoms with Crippen LogP contribution in [0.15, 0.2) is 27.2 Å². The van der Waals surface area contributed by atoms with E-state index in [9.17, 15) is 0 Å². The van der Waals surface area contributed by atoms with E-state index in [0.717, 1.165) is 10.2 Å². The van der Waals surface area contributed by atoms with E-state index in [2.05, 4.69) is 26.1 Å². The maximum Gasteiger partial charge on any atom is 0.264 e. The van der Waals surface area contributed by atoms with Gasteiger partial charge in [0.2, 0.25) is 0 Å². The van der Waals surface area contributed by atoms with Crippen molar-refractivity contribution in [2.45, 2.75) is 20.5 Å². The fraction of sp³-hybridized carbons (Fsp3) is 0.273. The number of benzene rings is 1. The number of ether oxygens (including phenoxy) is 1. The van der Waals surface area contributed by atoms with Crippen molar-refractivity contribution in [1.29, 1.82) is 0 Å². The average Bonchev–Trinajstić information content (AvgIpc) is 2.63. The van der Waals surface area contributed by atoms with Crippen molar-refractivity contribution in [3.8, 4) is 5.75 Å². The molecular formula is C11H11BrN2O2. The van der Waals surface area contributed by atoms with Crippen LogP contribution in [-0.4, -0.2) is 10.1 Å². The fourth-order valence-electron chi connectivity index (χ4n) is 1.26. The molecule has 0 spiro atoms. The number of aryl methyl sites for hydroxylation is 2. The first kappa shape index (κ1) is 11.1. The predicted molar refractivity (Wildman–Crippen MR) is 62.2 cm³/mol. The molecule has 2 rings (SSSR count). The van der Waals surface area contributed by atoms with Crippen molar-refractivity contribution < 1.29 is 9.26 Å². The van der Waals surface area contributed by atoms with Gasteiger partial charge in [0.05, 0.1) is 4.47 Å². The Balaban J connectivity index is 2.04. The van der Waals surface area contributed by atoms with Crippen molar-refractivity contribution >= 4 is 15.9 Å². The molecule has 4 nitrogen and oxygen atoms in total. The zero-order chi connectivity index (χ0) is 11.5. The van der Waals surface area contributed by atoms with E-state index in [1.807, 2.05) is 25.1 Å². The Labute approximate surface area is 102 Å². The molecule has 0 fully saturated rings. The van der Waals surface area contributed by atoms with Gasteiger partial charge in [0.25, 0.3) is 5.89 Å². The van der Waals surface area contributed by atoms with E-state index in [1.54, 1.807) is 6.92 Å². The van der Waals surface area contributed by atoms with Gasteiger partial charge in [0, 0.05) is 0 Å². The van der Waals surface area contributed by atoms with Gasteiger partial charge in [-0.3, -0.25) is 0 Å². The molecule has 1 aromatic carbocycles. The van der Waals surface area contributed by atoms with E-state index < -0.39 is 0 Å². The van der Waals surface area contributed by atoms with Crippen LogP contribution < -0.4 is 4.74 Å². The Hall–Kier alpha value is -1.36. The van der Waals surface area contributed by atoms with E-state index in [-0.39, 0.29) is 6.61 Å². The molecule has 84 valence electrons. The second-order valence-corrected chi connectivity index (χ2v) is 4.31. The van der Waals surface area contributed by atoms with Gasteiger partial charge in [-0.2, -0.15) is 4.98 Å². The van der Waals surface area contributed by atoms with Crippen LogP contribution in [-0.2, 0) is 6.61 Å². The first-order chi connectivity index (χ1) is 7.65. The molecule has 1 aromatic heterocycles. The van der Waals surface area contributed by atoms with Crippen molar-refractivity contribution in [3.05, 3.63) is 40.0 Å². The average molecular weight is 283 g/mol. The normalized spacial score (nSPS) is 10.4. The summed E-state index contributed by atoms with van der Waals surface area (Å²) in [5, 5.41) is 3.69. The molecule has 0 radical (unpaired) electrons. The van der Waals surface area contributed by atoms with Crippen LogP contribution in [0.4, 0.5) is 0 Å². The highest BCUT2D eigenvalue weighted by Crippen LogP contribution is 2.26. The minimum absolute atomic E-state index is 0.280. The van der Waals surface area contributed by atoms with E-state index >= 15 is 0 Å². The molecule has 0 N–H and O–H groups in total. The summed E-state index contributed by atoms with van der Waals surface area (Å²) >= 11 is 3.43. The van der Waals surface area contributed by atoms with Crippen LogP contribution >= 0.6 is 15.9 Å². The number of rotatable bonds is 3. The summed E-state index contributed by atoms with van der Waals surface area (Å²) < 4.78 is 11.4. The molecule has 0 aliphatic rings. The van der Waals surface area contributed by atoms with Gasteiger partial charge in [-0.1, -0.05) is 11.2 Å². The largest absolute Gasteiger partial charge is 0.483 e. The predicted octanol–water partition coefficient (Wildman–Crippen LogP) is 3.03. The molecule has 0 saturated heterocycles. The van der Waals surface area contributed by atoms with Gasteiger partial charge in [-0.25, -0.2) is 0 Å². The van der Waals surface area contributed by atoms with Crippen molar-refractivity contribution in [2.75, 3.05) is 0 Å². The molecule has 0 aliphatic carbocycles. The summed E-state index contributed by atoms with van der Waals surface area (Å²) in [4.78, 5) is 4.05. The van der Waals surface area contributed by atoms with Crippen LogP contribution in [0.25, 0.3) is 0 Å². The van der Waals surface area contributed by atoms with E-state index in [0.29, 0.717) is 11.7 Å². The van der Waals surface area contributed by atoms with Crippen LogP contribution in [0.5, 0.6) is 5.75 Å². The first-order valence-corrected chi connectivity index (χ1v) is 5.62. The maximum atomic E-state index is 5.55. The molecule has 16 heavy (non-hydrogen) atoms. The lowest BCUT2D eigenvalue weighted by atomic mass is 10.2. The highest BCUT2D eigenvalue weighted by molar-refractivity contribution is 9.10. The second-order valence-electron chi connectivity index (χ2n) is 3.46. The lowest BCUT2D eigenvalue weighted by molar-refractivity contribution is 0.241. The zero-order valence-corrected chi connectivity index (χ0v) is 10.6. The molecule has 2 aromatic rings. The molecular weight excluding hydrogens is 272 g/mol. The standard InChI is InChI=1S/C11H11BrN2O2/c1-7-3-4-10(9(12)5-7)15-6-11-13-8(2)14-16-11/h3-5H,6H2,1-2H3. The van der Waals surface area contributed by atoms with E-state index in [1.165, 1.54) is 5.56 Å². The molecule has 0 atom stereocenters. The minimum atomic E-state index is 0.280. The summed E-state index contributed by atoms with van der Waals surface area (Å²) in [5.41, 5.74) is 1.17.